The van der Waals surface area contributed by atoms with Gasteiger partial charge in [0.15, 0.2) is 0 Å². The van der Waals surface area contributed by atoms with Crippen LogP contribution in [-0.4, -0.2) is 17.9 Å². The van der Waals surface area contributed by atoms with Gasteiger partial charge in [0.1, 0.15) is 11.8 Å². The Morgan fingerprint density at radius 1 is 1.19 bits per heavy atom. The third-order valence-corrected chi connectivity index (χ3v) is 3.43. The molecule has 106 valence electrons. The zero-order chi connectivity index (χ0) is 14.8. The molecule has 0 radical (unpaired) electrons. The molecule has 4 heteroatoms. The van der Waals surface area contributed by atoms with Crippen LogP contribution in [0.3, 0.4) is 0 Å². The van der Waals surface area contributed by atoms with Crippen LogP contribution in [0, 0.1) is 0 Å². The van der Waals surface area contributed by atoms with Crippen LogP contribution in [0.1, 0.15) is 15.9 Å². The fraction of sp³-hybridized carbons (Fsp3) is 0.118. The lowest BCUT2D eigenvalue weighted by Crippen LogP contribution is -2.26. The van der Waals surface area contributed by atoms with E-state index in [0.717, 1.165) is 16.5 Å². The standard InChI is InChI=1S/C17H16N2O2/c1-19(10-12-5-4-6-13(18)9-12)17(20)15-11-21-16-8-3-2-7-14(15)16/h2-9,11H,10,18H2,1H3. The van der Waals surface area contributed by atoms with Gasteiger partial charge >= 0.3 is 0 Å². The molecular weight excluding hydrogens is 264 g/mol. The molecule has 2 aromatic carbocycles. The van der Waals surface area contributed by atoms with Gasteiger partial charge in [0.05, 0.1) is 5.56 Å². The number of rotatable bonds is 3. The highest BCUT2D eigenvalue weighted by atomic mass is 16.3. The van der Waals surface area contributed by atoms with E-state index in [4.69, 9.17) is 10.2 Å². The Morgan fingerprint density at radius 3 is 2.81 bits per heavy atom. The molecule has 0 atom stereocenters. The lowest BCUT2D eigenvalue weighted by Gasteiger charge is -2.16. The number of nitrogen functional groups attached to an aromatic ring is 1. The Bertz CT molecular complexity index is 792. The second-order valence-electron chi connectivity index (χ2n) is 5.05. The molecule has 2 N–H and O–H groups in total. The van der Waals surface area contributed by atoms with Gasteiger partial charge in [-0.3, -0.25) is 4.79 Å². The molecule has 0 fully saturated rings. The molecule has 0 saturated carbocycles. The molecule has 0 bridgehead atoms. The van der Waals surface area contributed by atoms with Gasteiger partial charge in [-0.15, -0.1) is 0 Å². The highest BCUT2D eigenvalue weighted by Crippen LogP contribution is 2.22. The van der Waals surface area contributed by atoms with Crippen LogP contribution in [0.15, 0.2) is 59.2 Å². The summed E-state index contributed by atoms with van der Waals surface area (Å²) >= 11 is 0. The Hall–Kier alpha value is -2.75. The third-order valence-electron chi connectivity index (χ3n) is 3.43. The maximum absolute atomic E-state index is 12.5. The maximum atomic E-state index is 12.5. The topological polar surface area (TPSA) is 59.5 Å². The fourth-order valence-corrected chi connectivity index (χ4v) is 2.39. The Balaban J connectivity index is 1.84. The lowest BCUT2D eigenvalue weighted by molar-refractivity contribution is 0.0786. The number of nitrogens with zero attached hydrogens (tertiary/aromatic N) is 1. The van der Waals surface area contributed by atoms with Crippen LogP contribution in [0.4, 0.5) is 5.69 Å². The van der Waals surface area contributed by atoms with Crippen molar-refractivity contribution in [3.05, 3.63) is 65.9 Å². The Kier molecular flexibility index (Phi) is 3.36. The monoisotopic (exact) mass is 280 g/mol. The van der Waals surface area contributed by atoms with Crippen molar-refractivity contribution in [2.45, 2.75) is 6.54 Å². The predicted octanol–water partition coefficient (Wildman–Crippen LogP) is 3.29. The van der Waals surface area contributed by atoms with Crippen molar-refractivity contribution in [1.82, 2.24) is 4.90 Å². The van der Waals surface area contributed by atoms with Crippen molar-refractivity contribution >= 4 is 22.6 Å². The van der Waals surface area contributed by atoms with Crippen LogP contribution < -0.4 is 5.73 Å². The molecule has 3 rings (SSSR count). The summed E-state index contributed by atoms with van der Waals surface area (Å²) in [7, 11) is 1.77. The van der Waals surface area contributed by atoms with Crippen LogP contribution in [0.25, 0.3) is 11.0 Å². The number of para-hydroxylation sites is 1. The van der Waals surface area contributed by atoms with E-state index in [9.17, 15) is 4.79 Å². The Morgan fingerprint density at radius 2 is 2.00 bits per heavy atom. The van der Waals surface area contributed by atoms with E-state index in [2.05, 4.69) is 0 Å². The second kappa shape index (κ2) is 5.32. The molecule has 21 heavy (non-hydrogen) atoms. The van der Waals surface area contributed by atoms with Crippen molar-refractivity contribution in [2.24, 2.45) is 0 Å². The average molecular weight is 280 g/mol. The first-order valence-corrected chi connectivity index (χ1v) is 6.71. The van der Waals surface area contributed by atoms with E-state index in [1.165, 1.54) is 6.26 Å². The minimum atomic E-state index is -0.0672. The first-order valence-electron chi connectivity index (χ1n) is 6.71. The molecule has 1 amide bonds. The molecule has 0 aliphatic rings. The summed E-state index contributed by atoms with van der Waals surface area (Å²) in [6, 6.07) is 15.1. The average Bonchev–Trinajstić information content (AvgIpc) is 2.90. The van der Waals surface area contributed by atoms with Gasteiger partial charge in [-0.1, -0.05) is 30.3 Å². The van der Waals surface area contributed by atoms with E-state index in [1.54, 1.807) is 11.9 Å². The summed E-state index contributed by atoms with van der Waals surface area (Å²) in [5.41, 5.74) is 8.76. The molecule has 0 aliphatic heterocycles. The van der Waals surface area contributed by atoms with Crippen molar-refractivity contribution in [1.29, 1.82) is 0 Å². The molecule has 0 unspecified atom stereocenters. The molecule has 3 aromatic rings. The van der Waals surface area contributed by atoms with Gasteiger partial charge in [0.2, 0.25) is 0 Å². The third kappa shape index (κ3) is 2.60. The zero-order valence-corrected chi connectivity index (χ0v) is 11.7. The highest BCUT2D eigenvalue weighted by Gasteiger charge is 2.17. The lowest BCUT2D eigenvalue weighted by atomic mass is 10.1. The van der Waals surface area contributed by atoms with Crippen molar-refractivity contribution in [2.75, 3.05) is 12.8 Å². The largest absolute Gasteiger partial charge is 0.463 e. The summed E-state index contributed by atoms with van der Waals surface area (Å²) in [5.74, 6) is -0.0672. The van der Waals surface area contributed by atoms with E-state index < -0.39 is 0 Å². The number of carbonyl (C=O) groups excluding carboxylic acids is 1. The van der Waals surface area contributed by atoms with Crippen LogP contribution in [0.2, 0.25) is 0 Å². The summed E-state index contributed by atoms with van der Waals surface area (Å²) in [6.07, 6.45) is 1.52. The van der Waals surface area contributed by atoms with Crippen LogP contribution in [-0.2, 0) is 6.54 Å². The van der Waals surface area contributed by atoms with E-state index in [-0.39, 0.29) is 5.91 Å². The number of nitrogens with two attached hydrogens (primary N) is 1. The van der Waals surface area contributed by atoms with E-state index in [0.29, 0.717) is 17.8 Å². The first kappa shape index (κ1) is 13.2. The van der Waals surface area contributed by atoms with Crippen LogP contribution >= 0.6 is 0 Å². The van der Waals surface area contributed by atoms with Crippen molar-refractivity contribution < 1.29 is 9.21 Å². The number of benzene rings is 2. The molecule has 0 saturated heterocycles. The molecule has 1 heterocycles. The highest BCUT2D eigenvalue weighted by molar-refractivity contribution is 6.05. The minimum absolute atomic E-state index is 0.0672. The minimum Gasteiger partial charge on any atom is -0.463 e. The fourth-order valence-electron chi connectivity index (χ4n) is 2.39. The maximum Gasteiger partial charge on any atom is 0.257 e. The van der Waals surface area contributed by atoms with Gasteiger partial charge < -0.3 is 15.1 Å². The van der Waals surface area contributed by atoms with E-state index in [1.807, 2.05) is 48.5 Å². The predicted molar refractivity (Wildman–Crippen MR) is 82.9 cm³/mol. The summed E-state index contributed by atoms with van der Waals surface area (Å²) in [5, 5.41) is 0.835. The van der Waals surface area contributed by atoms with Gasteiger partial charge in [0.25, 0.3) is 5.91 Å². The normalized spacial score (nSPS) is 10.7. The smallest absolute Gasteiger partial charge is 0.257 e. The van der Waals surface area contributed by atoms with Crippen molar-refractivity contribution in [3.63, 3.8) is 0 Å². The van der Waals surface area contributed by atoms with Crippen molar-refractivity contribution in [3.8, 4) is 0 Å². The number of anilines is 1. The second-order valence-corrected chi connectivity index (χ2v) is 5.05. The van der Waals surface area contributed by atoms with Gasteiger partial charge in [-0.2, -0.15) is 0 Å². The quantitative estimate of drug-likeness (QED) is 0.749. The number of furan rings is 1. The molecule has 0 aliphatic carbocycles. The van der Waals surface area contributed by atoms with Gasteiger partial charge in [-0.25, -0.2) is 0 Å². The molecule has 4 nitrogen and oxygen atoms in total. The number of carbonyl (C=O) groups is 1. The SMILES string of the molecule is CN(Cc1cccc(N)c1)C(=O)c1coc2ccccc12. The molecule has 1 aromatic heterocycles. The van der Waals surface area contributed by atoms with E-state index >= 15 is 0 Å². The molecular formula is C17H16N2O2. The summed E-state index contributed by atoms with van der Waals surface area (Å²) < 4.78 is 5.42. The summed E-state index contributed by atoms with van der Waals surface area (Å²) in [6.45, 7) is 0.503. The van der Waals surface area contributed by atoms with Gasteiger partial charge in [-0.05, 0) is 23.8 Å². The number of hydrogen-bond donors (Lipinski definition) is 1. The zero-order valence-electron chi connectivity index (χ0n) is 11.7. The number of amides is 1. The summed E-state index contributed by atoms with van der Waals surface area (Å²) in [4.78, 5) is 14.2. The number of fused-ring (bicyclic) bond motifs is 1. The van der Waals surface area contributed by atoms with Crippen LogP contribution in [0.5, 0.6) is 0 Å². The van der Waals surface area contributed by atoms with Gasteiger partial charge in [0, 0.05) is 24.7 Å². The first-order chi connectivity index (χ1) is 10.1. The Labute approximate surface area is 122 Å². The number of hydrogen-bond acceptors (Lipinski definition) is 3. The molecule has 0 spiro atoms.